The Hall–Kier alpha value is -2.06. The average Bonchev–Trinajstić information content (AvgIpc) is 3.26. The zero-order valence-electron chi connectivity index (χ0n) is 12.8. The van der Waals surface area contributed by atoms with Gasteiger partial charge in [-0.3, -0.25) is 4.79 Å². The summed E-state index contributed by atoms with van der Waals surface area (Å²) in [5.41, 5.74) is 0. The normalized spacial score (nSPS) is 10.9. The van der Waals surface area contributed by atoms with Crippen LogP contribution in [0.1, 0.15) is 5.76 Å². The van der Waals surface area contributed by atoms with E-state index in [-0.39, 0.29) is 5.91 Å². The van der Waals surface area contributed by atoms with E-state index in [0.29, 0.717) is 12.3 Å². The van der Waals surface area contributed by atoms with Crippen molar-refractivity contribution < 1.29 is 9.21 Å². The first-order chi connectivity index (χ1) is 11.1. The van der Waals surface area contributed by atoms with Crippen molar-refractivity contribution >= 4 is 29.0 Å². The van der Waals surface area contributed by atoms with Crippen LogP contribution in [0.5, 0.6) is 0 Å². The highest BCUT2D eigenvalue weighted by molar-refractivity contribution is 7.99. The Kier molecular flexibility index (Phi) is 4.82. The number of aromatic nitrogens is 3. The molecule has 23 heavy (non-hydrogen) atoms. The fourth-order valence-electron chi connectivity index (χ4n) is 2.02. The van der Waals surface area contributed by atoms with Crippen molar-refractivity contribution in [2.45, 2.75) is 11.7 Å². The SMILES string of the molecule is CN(Cc1ccco1)C(=O)CSc1nnc(-c2cccs2)n1C. The van der Waals surface area contributed by atoms with Crippen LogP contribution in [-0.2, 0) is 18.4 Å². The summed E-state index contributed by atoms with van der Waals surface area (Å²) in [4.78, 5) is 14.9. The maximum absolute atomic E-state index is 12.2. The quantitative estimate of drug-likeness (QED) is 0.641. The molecule has 0 aromatic carbocycles. The number of hydrogen-bond acceptors (Lipinski definition) is 6. The van der Waals surface area contributed by atoms with Crippen molar-refractivity contribution in [3.63, 3.8) is 0 Å². The number of thioether (sulfide) groups is 1. The molecule has 120 valence electrons. The molecule has 0 bridgehead atoms. The van der Waals surface area contributed by atoms with Crippen LogP contribution in [0.4, 0.5) is 0 Å². The van der Waals surface area contributed by atoms with Gasteiger partial charge < -0.3 is 13.9 Å². The van der Waals surface area contributed by atoms with Gasteiger partial charge in [0.05, 0.1) is 23.4 Å². The Labute approximate surface area is 142 Å². The smallest absolute Gasteiger partial charge is 0.233 e. The lowest BCUT2D eigenvalue weighted by Gasteiger charge is -2.15. The first-order valence-corrected chi connectivity index (χ1v) is 8.84. The van der Waals surface area contributed by atoms with Gasteiger partial charge in [0.15, 0.2) is 11.0 Å². The summed E-state index contributed by atoms with van der Waals surface area (Å²) >= 11 is 3.00. The Morgan fingerprint density at radius 1 is 1.39 bits per heavy atom. The van der Waals surface area contributed by atoms with Gasteiger partial charge in [-0.2, -0.15) is 0 Å². The number of hydrogen-bond donors (Lipinski definition) is 0. The summed E-state index contributed by atoms with van der Waals surface area (Å²) < 4.78 is 7.17. The van der Waals surface area contributed by atoms with Crippen LogP contribution < -0.4 is 0 Å². The van der Waals surface area contributed by atoms with E-state index in [1.807, 2.05) is 41.3 Å². The van der Waals surface area contributed by atoms with E-state index in [2.05, 4.69) is 10.2 Å². The predicted molar refractivity (Wildman–Crippen MR) is 90.2 cm³/mol. The van der Waals surface area contributed by atoms with E-state index in [1.54, 1.807) is 29.5 Å². The van der Waals surface area contributed by atoms with Crippen molar-refractivity contribution in [3.8, 4) is 10.7 Å². The standard InChI is InChI=1S/C15H16N4O2S2/c1-18(9-11-5-3-7-21-11)13(20)10-23-15-17-16-14(19(15)2)12-6-4-8-22-12/h3-8H,9-10H2,1-2H3. The second-order valence-corrected chi connectivity index (χ2v) is 6.85. The molecule has 0 radical (unpaired) electrons. The Bertz CT molecular complexity index is 766. The zero-order chi connectivity index (χ0) is 16.2. The average molecular weight is 348 g/mol. The van der Waals surface area contributed by atoms with Crippen molar-refractivity contribution in [2.75, 3.05) is 12.8 Å². The maximum Gasteiger partial charge on any atom is 0.233 e. The molecule has 0 saturated carbocycles. The van der Waals surface area contributed by atoms with Crippen LogP contribution in [0.2, 0.25) is 0 Å². The minimum atomic E-state index is 0.0204. The van der Waals surface area contributed by atoms with Gasteiger partial charge in [0.1, 0.15) is 5.76 Å². The van der Waals surface area contributed by atoms with Crippen molar-refractivity contribution in [1.29, 1.82) is 0 Å². The van der Waals surface area contributed by atoms with Gasteiger partial charge in [-0.25, -0.2) is 0 Å². The molecule has 8 heteroatoms. The zero-order valence-corrected chi connectivity index (χ0v) is 14.4. The molecule has 0 aliphatic rings. The fraction of sp³-hybridized carbons (Fsp3) is 0.267. The van der Waals surface area contributed by atoms with Crippen LogP contribution in [0, 0.1) is 0 Å². The third-order valence-electron chi connectivity index (χ3n) is 3.30. The summed E-state index contributed by atoms with van der Waals surface area (Å²) in [5, 5.41) is 11.1. The molecule has 0 fully saturated rings. The molecule has 3 rings (SSSR count). The van der Waals surface area contributed by atoms with E-state index >= 15 is 0 Å². The highest BCUT2D eigenvalue weighted by atomic mass is 32.2. The molecule has 0 N–H and O–H groups in total. The molecule has 0 saturated heterocycles. The third kappa shape index (κ3) is 3.65. The molecule has 0 aliphatic heterocycles. The second kappa shape index (κ2) is 7.01. The first-order valence-electron chi connectivity index (χ1n) is 6.97. The lowest BCUT2D eigenvalue weighted by molar-refractivity contribution is -0.127. The highest BCUT2D eigenvalue weighted by Gasteiger charge is 2.15. The van der Waals surface area contributed by atoms with E-state index in [1.165, 1.54) is 11.8 Å². The van der Waals surface area contributed by atoms with E-state index < -0.39 is 0 Å². The summed E-state index contributed by atoms with van der Waals surface area (Å²) in [6.07, 6.45) is 1.61. The van der Waals surface area contributed by atoms with Gasteiger partial charge in [-0.1, -0.05) is 17.8 Å². The summed E-state index contributed by atoms with van der Waals surface area (Å²) in [7, 11) is 3.67. The maximum atomic E-state index is 12.2. The number of thiophene rings is 1. The van der Waals surface area contributed by atoms with Crippen LogP contribution in [0.15, 0.2) is 45.5 Å². The number of nitrogens with zero attached hydrogens (tertiary/aromatic N) is 4. The molecular weight excluding hydrogens is 332 g/mol. The Morgan fingerprint density at radius 2 is 2.26 bits per heavy atom. The lowest BCUT2D eigenvalue weighted by atomic mass is 10.4. The van der Waals surface area contributed by atoms with E-state index in [9.17, 15) is 4.79 Å². The molecule has 6 nitrogen and oxygen atoms in total. The third-order valence-corrected chi connectivity index (χ3v) is 5.17. The van der Waals surface area contributed by atoms with Crippen LogP contribution in [-0.4, -0.2) is 38.4 Å². The summed E-state index contributed by atoms with van der Waals surface area (Å²) in [5.74, 6) is 1.92. The van der Waals surface area contributed by atoms with E-state index in [4.69, 9.17) is 4.42 Å². The highest BCUT2D eigenvalue weighted by Crippen LogP contribution is 2.26. The Balaban J connectivity index is 1.59. The van der Waals surface area contributed by atoms with Crippen molar-refractivity contribution in [2.24, 2.45) is 7.05 Å². The number of furan rings is 1. The van der Waals surface area contributed by atoms with Crippen molar-refractivity contribution in [1.82, 2.24) is 19.7 Å². The van der Waals surface area contributed by atoms with Gasteiger partial charge >= 0.3 is 0 Å². The van der Waals surface area contributed by atoms with Gasteiger partial charge in [0, 0.05) is 14.1 Å². The van der Waals surface area contributed by atoms with Crippen LogP contribution >= 0.6 is 23.1 Å². The largest absolute Gasteiger partial charge is 0.467 e. The van der Waals surface area contributed by atoms with Crippen LogP contribution in [0.25, 0.3) is 10.7 Å². The molecule has 0 spiro atoms. The molecule has 0 atom stereocenters. The first kappa shape index (κ1) is 15.8. The number of amides is 1. The number of rotatable bonds is 6. The lowest BCUT2D eigenvalue weighted by Crippen LogP contribution is -2.27. The molecule has 3 aromatic heterocycles. The topological polar surface area (TPSA) is 64.2 Å². The molecule has 3 heterocycles. The summed E-state index contributed by atoms with van der Waals surface area (Å²) in [6.45, 7) is 0.464. The number of carbonyl (C=O) groups is 1. The van der Waals surface area contributed by atoms with Gasteiger partial charge in [-0.15, -0.1) is 21.5 Å². The monoisotopic (exact) mass is 348 g/mol. The van der Waals surface area contributed by atoms with Crippen molar-refractivity contribution in [3.05, 3.63) is 41.7 Å². The number of carbonyl (C=O) groups excluding carboxylic acids is 1. The van der Waals surface area contributed by atoms with Gasteiger partial charge in [0.25, 0.3) is 0 Å². The minimum absolute atomic E-state index is 0.0204. The Morgan fingerprint density at radius 3 is 2.96 bits per heavy atom. The molecule has 3 aromatic rings. The minimum Gasteiger partial charge on any atom is -0.467 e. The van der Waals surface area contributed by atoms with Gasteiger partial charge in [-0.05, 0) is 23.6 Å². The molecule has 0 aliphatic carbocycles. The van der Waals surface area contributed by atoms with E-state index in [0.717, 1.165) is 21.6 Å². The predicted octanol–water partition coefficient (Wildman–Crippen LogP) is 2.89. The molecule has 0 unspecified atom stereocenters. The van der Waals surface area contributed by atoms with Crippen LogP contribution in [0.3, 0.4) is 0 Å². The summed E-state index contributed by atoms with van der Waals surface area (Å²) in [6, 6.07) is 7.65. The molecular formula is C15H16N4O2S2. The second-order valence-electron chi connectivity index (χ2n) is 4.96. The molecule has 1 amide bonds. The fourth-order valence-corrected chi connectivity index (χ4v) is 3.62. The van der Waals surface area contributed by atoms with Gasteiger partial charge in [0.2, 0.25) is 5.91 Å².